The molecule has 6 heteroatoms. The second-order valence-corrected chi connectivity index (χ2v) is 7.56. The molecule has 1 heterocycles. The molecule has 1 atom stereocenters. The van der Waals surface area contributed by atoms with Crippen LogP contribution >= 0.6 is 15.9 Å². The van der Waals surface area contributed by atoms with Crippen molar-refractivity contribution in [2.75, 3.05) is 18.4 Å². The number of benzene rings is 1. The zero-order valence-electron chi connectivity index (χ0n) is 11.0. The highest BCUT2D eigenvalue weighted by molar-refractivity contribution is 9.09. The van der Waals surface area contributed by atoms with E-state index in [1.165, 1.54) is 16.4 Å². The van der Waals surface area contributed by atoms with Crippen LogP contribution in [0.5, 0.6) is 0 Å². The minimum atomic E-state index is -3.51. The molecular weight excluding hydrogens is 333 g/mol. The highest BCUT2D eigenvalue weighted by atomic mass is 79.9. The van der Waals surface area contributed by atoms with Gasteiger partial charge < -0.3 is 0 Å². The Labute approximate surface area is 122 Å². The minimum Gasteiger partial charge on any atom is -0.207 e. The molecule has 1 saturated heterocycles. The summed E-state index contributed by atoms with van der Waals surface area (Å²) in [4.78, 5) is 0.254. The standard InChI is InChI=1S/C13H17BrFNO2S/c1-9-5-12(15)6-10(2)13(9)19(17,18)16-4-3-11(7-14)8-16/h5-6,11H,3-4,7-8H2,1-2H3. The Morgan fingerprint density at radius 2 is 1.95 bits per heavy atom. The maximum Gasteiger partial charge on any atom is 0.243 e. The summed E-state index contributed by atoms with van der Waals surface area (Å²) >= 11 is 3.39. The molecule has 1 fully saturated rings. The monoisotopic (exact) mass is 349 g/mol. The van der Waals surface area contributed by atoms with Crippen molar-refractivity contribution >= 4 is 26.0 Å². The van der Waals surface area contributed by atoms with E-state index in [1.54, 1.807) is 13.8 Å². The van der Waals surface area contributed by atoms with Crippen LogP contribution in [0.4, 0.5) is 4.39 Å². The summed E-state index contributed by atoms with van der Waals surface area (Å²) in [5.74, 6) is -0.0375. The molecule has 1 unspecified atom stereocenters. The van der Waals surface area contributed by atoms with Gasteiger partial charge in [0.15, 0.2) is 0 Å². The van der Waals surface area contributed by atoms with Gasteiger partial charge in [0.2, 0.25) is 10.0 Å². The second kappa shape index (κ2) is 5.50. The third-order valence-corrected chi connectivity index (χ3v) is 6.58. The number of halogens is 2. The van der Waals surface area contributed by atoms with Crippen LogP contribution < -0.4 is 0 Å². The largest absolute Gasteiger partial charge is 0.243 e. The number of sulfonamides is 1. The van der Waals surface area contributed by atoms with E-state index in [4.69, 9.17) is 0 Å². The van der Waals surface area contributed by atoms with Crippen LogP contribution in [0.15, 0.2) is 17.0 Å². The molecule has 0 spiro atoms. The van der Waals surface area contributed by atoms with Crippen LogP contribution in [0.2, 0.25) is 0 Å². The average molecular weight is 350 g/mol. The minimum absolute atomic E-state index is 0.254. The fourth-order valence-electron chi connectivity index (χ4n) is 2.57. The Bertz CT molecular complexity index is 565. The summed E-state index contributed by atoms with van der Waals surface area (Å²) in [6.07, 6.45) is 0.865. The van der Waals surface area contributed by atoms with Crippen molar-refractivity contribution in [3.63, 3.8) is 0 Å². The Morgan fingerprint density at radius 3 is 2.42 bits per heavy atom. The van der Waals surface area contributed by atoms with Crippen molar-refractivity contribution in [3.8, 4) is 0 Å². The molecule has 2 rings (SSSR count). The van der Waals surface area contributed by atoms with Gasteiger partial charge in [-0.15, -0.1) is 0 Å². The molecule has 1 aromatic rings. The zero-order chi connectivity index (χ0) is 14.2. The topological polar surface area (TPSA) is 37.4 Å². The van der Waals surface area contributed by atoms with E-state index in [1.807, 2.05) is 0 Å². The van der Waals surface area contributed by atoms with Gasteiger partial charge in [0, 0.05) is 18.4 Å². The van der Waals surface area contributed by atoms with Gasteiger partial charge in [-0.05, 0) is 49.4 Å². The van der Waals surface area contributed by atoms with Crippen LogP contribution in [0, 0.1) is 25.6 Å². The number of hydrogen-bond donors (Lipinski definition) is 0. The summed E-state index contributed by atoms with van der Waals surface area (Å²) in [5, 5.41) is 0.806. The number of nitrogens with zero attached hydrogens (tertiary/aromatic N) is 1. The van der Waals surface area contributed by atoms with Crippen molar-refractivity contribution < 1.29 is 12.8 Å². The third kappa shape index (κ3) is 2.85. The van der Waals surface area contributed by atoms with Gasteiger partial charge in [-0.2, -0.15) is 4.31 Å². The quantitative estimate of drug-likeness (QED) is 0.787. The first kappa shape index (κ1) is 14.9. The highest BCUT2D eigenvalue weighted by Crippen LogP contribution is 2.29. The molecule has 0 radical (unpaired) electrons. The van der Waals surface area contributed by atoms with Gasteiger partial charge in [0.25, 0.3) is 0 Å². The number of hydrogen-bond acceptors (Lipinski definition) is 2. The van der Waals surface area contributed by atoms with Crippen molar-refractivity contribution in [2.24, 2.45) is 5.92 Å². The number of aryl methyl sites for hydroxylation is 2. The SMILES string of the molecule is Cc1cc(F)cc(C)c1S(=O)(=O)N1CCC(CBr)C1. The number of rotatable bonds is 3. The molecule has 3 nitrogen and oxygen atoms in total. The molecule has 0 N–H and O–H groups in total. The summed E-state index contributed by atoms with van der Waals surface area (Å²) < 4.78 is 40.1. The average Bonchev–Trinajstić information content (AvgIpc) is 2.75. The van der Waals surface area contributed by atoms with Crippen LogP contribution in [-0.4, -0.2) is 31.1 Å². The third-order valence-electron chi connectivity index (χ3n) is 3.49. The lowest BCUT2D eigenvalue weighted by molar-refractivity contribution is 0.465. The fourth-order valence-corrected chi connectivity index (χ4v) is 5.05. The van der Waals surface area contributed by atoms with Crippen molar-refractivity contribution in [1.82, 2.24) is 4.31 Å². The first-order valence-corrected chi connectivity index (χ1v) is 8.75. The van der Waals surface area contributed by atoms with E-state index in [0.29, 0.717) is 30.1 Å². The molecule has 19 heavy (non-hydrogen) atoms. The second-order valence-electron chi connectivity index (χ2n) is 5.04. The lowest BCUT2D eigenvalue weighted by atomic mass is 10.1. The van der Waals surface area contributed by atoms with Gasteiger partial charge in [0.1, 0.15) is 5.82 Å². The smallest absolute Gasteiger partial charge is 0.207 e. The lowest BCUT2D eigenvalue weighted by Gasteiger charge is -2.19. The Morgan fingerprint density at radius 1 is 1.37 bits per heavy atom. The highest BCUT2D eigenvalue weighted by Gasteiger charge is 2.33. The van der Waals surface area contributed by atoms with Gasteiger partial charge in [-0.1, -0.05) is 15.9 Å². The summed E-state index contributed by atoms with van der Waals surface area (Å²) in [7, 11) is -3.51. The van der Waals surface area contributed by atoms with Crippen molar-refractivity contribution in [2.45, 2.75) is 25.2 Å². The summed E-state index contributed by atoms with van der Waals surface area (Å²) in [6.45, 7) is 4.35. The lowest BCUT2D eigenvalue weighted by Crippen LogP contribution is -2.30. The maximum atomic E-state index is 13.3. The molecule has 0 amide bonds. The van der Waals surface area contributed by atoms with Gasteiger partial charge >= 0.3 is 0 Å². The van der Waals surface area contributed by atoms with E-state index in [0.717, 1.165) is 11.8 Å². The van der Waals surface area contributed by atoms with Crippen LogP contribution in [0.1, 0.15) is 17.5 Å². The van der Waals surface area contributed by atoms with E-state index >= 15 is 0 Å². The molecule has 0 saturated carbocycles. The Kier molecular flexibility index (Phi) is 4.32. The predicted octanol–water partition coefficient (Wildman–Crippen LogP) is 2.85. The van der Waals surface area contributed by atoms with Crippen LogP contribution in [0.25, 0.3) is 0 Å². The molecular formula is C13H17BrFNO2S. The normalized spacial score (nSPS) is 20.9. The van der Waals surface area contributed by atoms with E-state index in [2.05, 4.69) is 15.9 Å². The van der Waals surface area contributed by atoms with Crippen molar-refractivity contribution in [3.05, 3.63) is 29.1 Å². The maximum absolute atomic E-state index is 13.3. The first-order valence-electron chi connectivity index (χ1n) is 6.19. The molecule has 0 bridgehead atoms. The summed E-state index contributed by atoms with van der Waals surface area (Å²) in [6, 6.07) is 2.55. The van der Waals surface area contributed by atoms with Crippen LogP contribution in [-0.2, 0) is 10.0 Å². The Hall–Kier alpha value is -0.460. The predicted molar refractivity (Wildman–Crippen MR) is 76.5 cm³/mol. The van der Waals surface area contributed by atoms with Crippen LogP contribution in [0.3, 0.4) is 0 Å². The Balaban J connectivity index is 2.41. The molecule has 0 aromatic heterocycles. The molecule has 106 valence electrons. The number of alkyl halides is 1. The van der Waals surface area contributed by atoms with Gasteiger partial charge in [0.05, 0.1) is 4.90 Å². The van der Waals surface area contributed by atoms with Gasteiger partial charge in [-0.25, -0.2) is 12.8 Å². The molecule has 1 aliphatic rings. The van der Waals surface area contributed by atoms with Crippen molar-refractivity contribution in [1.29, 1.82) is 0 Å². The van der Waals surface area contributed by atoms with E-state index < -0.39 is 15.8 Å². The van der Waals surface area contributed by atoms with Gasteiger partial charge in [-0.3, -0.25) is 0 Å². The molecule has 1 aromatic carbocycles. The first-order chi connectivity index (χ1) is 8.86. The fraction of sp³-hybridized carbons (Fsp3) is 0.538. The molecule has 1 aliphatic heterocycles. The van der Waals surface area contributed by atoms with E-state index in [-0.39, 0.29) is 4.90 Å². The zero-order valence-corrected chi connectivity index (χ0v) is 13.4. The van der Waals surface area contributed by atoms with E-state index in [9.17, 15) is 12.8 Å². The summed E-state index contributed by atoms with van der Waals surface area (Å²) in [5.41, 5.74) is 0.944. The molecule has 0 aliphatic carbocycles.